The maximum Gasteiger partial charge on any atom is 0.260 e. The summed E-state index contributed by atoms with van der Waals surface area (Å²) in [4.78, 5) is 19.4. The van der Waals surface area contributed by atoms with Crippen LogP contribution < -0.4 is 4.90 Å². The van der Waals surface area contributed by atoms with Gasteiger partial charge in [-0.1, -0.05) is 51.3 Å². The van der Waals surface area contributed by atoms with Gasteiger partial charge in [0.1, 0.15) is 10.6 Å². The Morgan fingerprint density at radius 1 is 1.14 bits per heavy atom. The number of hydrogen-bond acceptors (Lipinski definition) is 3. The van der Waals surface area contributed by atoms with Gasteiger partial charge in [0.25, 0.3) is 5.91 Å². The van der Waals surface area contributed by atoms with Crippen molar-refractivity contribution in [3.63, 3.8) is 0 Å². The van der Waals surface area contributed by atoms with Crippen molar-refractivity contribution in [1.29, 1.82) is 0 Å². The number of benzene rings is 2. The lowest BCUT2D eigenvalue weighted by Crippen LogP contribution is -2.41. The highest BCUT2D eigenvalue weighted by Gasteiger charge is 2.50. The molecule has 2 heterocycles. The molecule has 5 nitrogen and oxygen atoms in total. The second kappa shape index (κ2) is 7.71. The van der Waals surface area contributed by atoms with Gasteiger partial charge in [0, 0.05) is 20.9 Å². The number of rotatable bonds is 4. The molecule has 1 amide bonds. The first-order valence-electron chi connectivity index (χ1n) is 8.42. The van der Waals surface area contributed by atoms with Crippen molar-refractivity contribution in [2.75, 3.05) is 4.90 Å². The molecule has 0 saturated heterocycles. The van der Waals surface area contributed by atoms with E-state index in [9.17, 15) is 9.00 Å². The molecule has 0 fully saturated rings. The Kier molecular flexibility index (Phi) is 5.55. The Morgan fingerprint density at radius 3 is 2.34 bits per heavy atom. The van der Waals surface area contributed by atoms with Gasteiger partial charge in [-0.15, -0.1) is 0 Å². The molecule has 0 N–H and O–H groups in total. The minimum absolute atomic E-state index is 0.245. The molecule has 2 aromatic carbocycles. The molecule has 0 bridgehead atoms. The number of halogens is 4. The number of anilines is 2. The number of nitrogens with zero attached hydrogens (tertiary/aromatic N) is 3. The van der Waals surface area contributed by atoms with Gasteiger partial charge in [-0.25, -0.2) is 14.1 Å². The first-order valence-corrected chi connectivity index (χ1v) is 11.9. The van der Waals surface area contributed by atoms with Crippen LogP contribution in [0.3, 0.4) is 0 Å². The average molecular weight is 534 g/mol. The van der Waals surface area contributed by atoms with Gasteiger partial charge in [-0.2, -0.15) is 0 Å². The molecule has 1 aliphatic heterocycles. The number of fused-ring (bicyclic) bond motifs is 1. The summed E-state index contributed by atoms with van der Waals surface area (Å²) in [7, 11) is 4.06. The normalized spacial score (nSPS) is 19.5. The van der Waals surface area contributed by atoms with E-state index >= 15 is 0 Å². The van der Waals surface area contributed by atoms with Crippen LogP contribution >= 0.6 is 49.8 Å². The van der Waals surface area contributed by atoms with Gasteiger partial charge >= 0.3 is 0 Å². The first-order chi connectivity index (χ1) is 13.7. The van der Waals surface area contributed by atoms with Crippen LogP contribution in [0.1, 0.15) is 12.5 Å². The van der Waals surface area contributed by atoms with Gasteiger partial charge in [-0.3, -0.25) is 9.36 Å². The number of carbonyl (C=O) groups is 1. The lowest BCUT2D eigenvalue weighted by Gasteiger charge is -2.26. The van der Waals surface area contributed by atoms with Gasteiger partial charge in [0.15, 0.2) is 10.0 Å². The summed E-state index contributed by atoms with van der Waals surface area (Å²) in [5, 5.41) is 1.03. The molecule has 0 radical (unpaired) electrons. The Bertz CT molecular complexity index is 1130. The third-order valence-electron chi connectivity index (χ3n) is 4.80. The van der Waals surface area contributed by atoms with Crippen molar-refractivity contribution < 1.29 is 9.00 Å². The second-order valence-electron chi connectivity index (χ2n) is 6.80. The highest BCUT2D eigenvalue weighted by Crippen LogP contribution is 2.44. The zero-order valence-corrected chi connectivity index (χ0v) is 19.6. The molecule has 4 rings (SSSR count). The molecular weight excluding hydrogens is 521 g/mol. The van der Waals surface area contributed by atoms with E-state index in [1.807, 2.05) is 24.3 Å². The molecule has 29 heavy (non-hydrogen) atoms. The fourth-order valence-corrected chi connectivity index (χ4v) is 5.21. The smallest absolute Gasteiger partial charge is 0.260 e. The zero-order valence-electron chi connectivity index (χ0n) is 14.9. The van der Waals surface area contributed by atoms with Crippen LogP contribution in [0, 0.1) is 0 Å². The molecular formula is C19H13BrCl3N3O2S. The third-order valence-corrected chi connectivity index (χ3v) is 6.86. The van der Waals surface area contributed by atoms with E-state index in [1.165, 1.54) is 11.1 Å². The predicted octanol–water partition coefficient (Wildman–Crippen LogP) is 5.85. The summed E-state index contributed by atoms with van der Waals surface area (Å²) < 4.78 is 14.7. The Balaban J connectivity index is 1.89. The highest BCUT2D eigenvalue weighted by molar-refractivity contribution is 9.10. The van der Waals surface area contributed by atoms with Crippen LogP contribution in [0.25, 0.3) is 0 Å². The Hall–Kier alpha value is -1.38. The zero-order chi connectivity index (χ0) is 20.9. The largest absolute Gasteiger partial charge is 0.286 e. The van der Waals surface area contributed by atoms with Gasteiger partial charge in [0.05, 0.1) is 11.9 Å². The molecule has 10 heteroatoms. The van der Waals surface area contributed by atoms with E-state index in [0.717, 1.165) is 10.0 Å². The quantitative estimate of drug-likeness (QED) is 0.396. The number of amides is 1. The maximum absolute atomic E-state index is 13.6. The summed E-state index contributed by atoms with van der Waals surface area (Å²) in [5.74, 6) is 0.0714. The Morgan fingerprint density at radius 2 is 1.76 bits per heavy atom. The summed E-state index contributed by atoms with van der Waals surface area (Å²) in [6.07, 6.45) is 1.78. The van der Waals surface area contributed by atoms with Crippen LogP contribution in [0.15, 0.2) is 58.2 Å². The van der Waals surface area contributed by atoms with E-state index in [0.29, 0.717) is 28.1 Å². The summed E-state index contributed by atoms with van der Waals surface area (Å²) in [6, 6.07) is 12.5. The number of imidazole rings is 1. The van der Waals surface area contributed by atoms with Crippen molar-refractivity contribution in [1.82, 2.24) is 9.55 Å². The van der Waals surface area contributed by atoms with Crippen molar-refractivity contribution >= 4 is 77.4 Å². The molecule has 0 saturated carbocycles. The Labute approximate surface area is 192 Å². The number of carbonyl (C=O) groups excluding carboxylic acids is 1. The standard InChI is InChI=1S/C19H13BrCl3N3O2S/c1-19(9-11-2-4-12(20)5-3-11)17(27)25(15-7-13(21)6-14(22)8-15)18-24-10-16(26(18)19)29(23)28/h2-8,10H,9H2,1H3/t19-,29?/m1/s1. The van der Waals surface area contributed by atoms with Gasteiger partial charge in [-0.05, 0) is 53.5 Å². The molecule has 1 aromatic heterocycles. The minimum Gasteiger partial charge on any atom is -0.286 e. The van der Waals surface area contributed by atoms with E-state index in [2.05, 4.69) is 20.9 Å². The van der Waals surface area contributed by atoms with Crippen molar-refractivity contribution in [2.45, 2.75) is 23.9 Å². The minimum atomic E-state index is -1.85. The molecule has 2 atom stereocenters. The van der Waals surface area contributed by atoms with E-state index < -0.39 is 15.6 Å². The van der Waals surface area contributed by atoms with Crippen molar-refractivity contribution in [3.8, 4) is 0 Å². The highest BCUT2D eigenvalue weighted by atomic mass is 79.9. The van der Waals surface area contributed by atoms with Crippen molar-refractivity contribution in [3.05, 3.63) is 68.7 Å². The third kappa shape index (κ3) is 3.64. The van der Waals surface area contributed by atoms with Crippen molar-refractivity contribution in [2.24, 2.45) is 0 Å². The van der Waals surface area contributed by atoms with Gasteiger partial charge in [0.2, 0.25) is 5.95 Å². The molecule has 1 aliphatic rings. The SMILES string of the molecule is C[C@@]1(Cc2ccc(Br)cc2)C(=O)N(c2cc(Cl)cc(Cl)c2)c2ncc(S(=O)Cl)n21. The van der Waals surface area contributed by atoms with E-state index in [-0.39, 0.29) is 10.9 Å². The van der Waals surface area contributed by atoms with Crippen LogP contribution in [0.5, 0.6) is 0 Å². The fourth-order valence-electron chi connectivity index (χ4n) is 3.54. The maximum atomic E-state index is 13.6. The summed E-state index contributed by atoms with van der Waals surface area (Å²) in [6.45, 7) is 1.78. The lowest BCUT2D eigenvalue weighted by atomic mass is 9.92. The molecule has 150 valence electrons. The van der Waals surface area contributed by atoms with E-state index in [1.54, 1.807) is 29.7 Å². The summed E-state index contributed by atoms with van der Waals surface area (Å²) in [5.41, 5.74) is 0.320. The van der Waals surface area contributed by atoms with Crippen LogP contribution in [0.2, 0.25) is 10.0 Å². The monoisotopic (exact) mass is 531 g/mol. The number of aromatic nitrogens is 2. The average Bonchev–Trinajstić information content (AvgIpc) is 3.16. The molecule has 0 spiro atoms. The molecule has 3 aromatic rings. The van der Waals surface area contributed by atoms with Gasteiger partial charge < -0.3 is 0 Å². The molecule has 0 aliphatic carbocycles. The number of hydrogen-bond donors (Lipinski definition) is 0. The lowest BCUT2D eigenvalue weighted by molar-refractivity contribution is -0.124. The van der Waals surface area contributed by atoms with Crippen LogP contribution in [0.4, 0.5) is 11.6 Å². The van der Waals surface area contributed by atoms with Crippen LogP contribution in [-0.2, 0) is 26.8 Å². The predicted molar refractivity (Wildman–Crippen MR) is 120 cm³/mol. The summed E-state index contributed by atoms with van der Waals surface area (Å²) >= 11 is 15.7. The fraction of sp³-hybridized carbons (Fsp3) is 0.158. The topological polar surface area (TPSA) is 55.2 Å². The first kappa shape index (κ1) is 20.9. The molecule has 1 unspecified atom stereocenters. The van der Waals surface area contributed by atoms with Crippen LogP contribution in [-0.4, -0.2) is 19.7 Å². The van der Waals surface area contributed by atoms with E-state index in [4.69, 9.17) is 33.9 Å². The second-order valence-corrected chi connectivity index (χ2v) is 10.3.